The van der Waals surface area contributed by atoms with Gasteiger partial charge in [-0.25, -0.2) is 4.39 Å². The molecule has 0 saturated heterocycles. The van der Waals surface area contributed by atoms with Crippen molar-refractivity contribution in [2.75, 3.05) is 40.5 Å². The van der Waals surface area contributed by atoms with Crippen molar-refractivity contribution in [2.45, 2.75) is 24.8 Å². The first kappa shape index (κ1) is 21.1. The molecule has 1 aliphatic carbocycles. The molecular formula is C17H27FIN3O2. The van der Waals surface area contributed by atoms with Gasteiger partial charge in [0.1, 0.15) is 5.82 Å². The highest BCUT2D eigenvalue weighted by molar-refractivity contribution is 14.0. The van der Waals surface area contributed by atoms with Crippen LogP contribution in [0.5, 0.6) is 0 Å². The molecule has 0 amide bonds. The summed E-state index contributed by atoms with van der Waals surface area (Å²) < 4.78 is 24.1. The minimum atomic E-state index is -0.127. The molecule has 1 saturated carbocycles. The number of hydrogen-bond donors (Lipinski definition) is 2. The van der Waals surface area contributed by atoms with Crippen LogP contribution in [0, 0.1) is 5.82 Å². The molecule has 2 atom stereocenters. The highest BCUT2D eigenvalue weighted by atomic mass is 127. The Kier molecular flexibility index (Phi) is 10.2. The minimum absolute atomic E-state index is 0. The van der Waals surface area contributed by atoms with Crippen LogP contribution in [0.3, 0.4) is 0 Å². The van der Waals surface area contributed by atoms with Gasteiger partial charge in [0.25, 0.3) is 0 Å². The monoisotopic (exact) mass is 451 g/mol. The first-order chi connectivity index (χ1) is 11.3. The molecule has 1 fully saturated rings. The average molecular weight is 451 g/mol. The average Bonchev–Trinajstić information content (AvgIpc) is 3.32. The molecule has 136 valence electrons. The molecule has 0 spiro atoms. The number of benzene rings is 1. The van der Waals surface area contributed by atoms with E-state index in [9.17, 15) is 4.39 Å². The van der Waals surface area contributed by atoms with Crippen molar-refractivity contribution >= 4 is 29.9 Å². The highest BCUT2D eigenvalue weighted by Crippen LogP contribution is 2.41. The normalized spacial score (nSPS) is 19.5. The Balaban J connectivity index is 0.00000288. The van der Waals surface area contributed by atoms with E-state index in [1.807, 2.05) is 12.1 Å². The molecule has 24 heavy (non-hydrogen) atoms. The van der Waals surface area contributed by atoms with Crippen LogP contribution < -0.4 is 10.6 Å². The summed E-state index contributed by atoms with van der Waals surface area (Å²) in [5.74, 6) is 0.857. The predicted molar refractivity (Wildman–Crippen MR) is 105 cm³/mol. The second-order valence-electron chi connectivity index (χ2n) is 5.57. The van der Waals surface area contributed by atoms with E-state index >= 15 is 0 Å². The number of aliphatic imine (C=N–C) groups is 1. The van der Waals surface area contributed by atoms with Gasteiger partial charge in [-0.2, -0.15) is 0 Å². The summed E-state index contributed by atoms with van der Waals surface area (Å²) in [5.41, 5.74) is 0.784. The summed E-state index contributed by atoms with van der Waals surface area (Å²) in [7, 11) is 3.40. The van der Waals surface area contributed by atoms with Crippen molar-refractivity contribution in [3.05, 3.63) is 35.6 Å². The number of nitrogens with one attached hydrogen (secondary N) is 2. The lowest BCUT2D eigenvalue weighted by molar-refractivity contribution is 0.0698. The Bertz CT molecular complexity index is 516. The summed E-state index contributed by atoms with van der Waals surface area (Å²) in [6.07, 6.45) is 1.83. The number of rotatable bonds is 9. The summed E-state index contributed by atoms with van der Waals surface area (Å²) in [6.45, 7) is 2.71. The molecule has 0 heterocycles. The van der Waals surface area contributed by atoms with Crippen LogP contribution in [0.1, 0.15) is 24.3 Å². The number of guanidine groups is 1. The Labute approximate surface area is 160 Å². The van der Waals surface area contributed by atoms with E-state index in [1.165, 1.54) is 6.07 Å². The van der Waals surface area contributed by atoms with Gasteiger partial charge >= 0.3 is 0 Å². The number of nitrogens with zero attached hydrogens (tertiary/aromatic N) is 1. The van der Waals surface area contributed by atoms with Crippen LogP contribution in [-0.2, 0) is 9.47 Å². The van der Waals surface area contributed by atoms with Crippen LogP contribution in [0.4, 0.5) is 4.39 Å². The lowest BCUT2D eigenvalue weighted by Gasteiger charge is -2.12. The molecule has 2 unspecified atom stereocenters. The van der Waals surface area contributed by atoms with Crippen LogP contribution in [0.15, 0.2) is 29.3 Å². The van der Waals surface area contributed by atoms with Gasteiger partial charge in [-0.15, -0.1) is 24.0 Å². The zero-order chi connectivity index (χ0) is 16.5. The number of ether oxygens (including phenoxy) is 2. The first-order valence-electron chi connectivity index (χ1n) is 8.04. The summed E-state index contributed by atoms with van der Waals surface area (Å²) in [4.78, 5) is 4.21. The fraction of sp³-hybridized carbons (Fsp3) is 0.588. The Morgan fingerprint density at radius 1 is 1.29 bits per heavy atom. The predicted octanol–water partition coefficient (Wildman–Crippen LogP) is 2.52. The first-order valence-corrected chi connectivity index (χ1v) is 8.04. The van der Waals surface area contributed by atoms with Crippen LogP contribution >= 0.6 is 24.0 Å². The van der Waals surface area contributed by atoms with Gasteiger partial charge in [0.2, 0.25) is 0 Å². The van der Waals surface area contributed by atoms with Gasteiger partial charge in [-0.05, 0) is 24.5 Å². The third kappa shape index (κ3) is 6.90. The van der Waals surface area contributed by atoms with E-state index in [0.29, 0.717) is 19.8 Å². The minimum Gasteiger partial charge on any atom is -0.382 e. The molecule has 0 aromatic heterocycles. The summed E-state index contributed by atoms with van der Waals surface area (Å²) in [6, 6.07) is 7.22. The maximum Gasteiger partial charge on any atom is 0.191 e. The zero-order valence-corrected chi connectivity index (χ0v) is 16.6. The second kappa shape index (κ2) is 11.6. The van der Waals surface area contributed by atoms with Gasteiger partial charge < -0.3 is 20.1 Å². The molecule has 1 aromatic carbocycles. The van der Waals surface area contributed by atoms with E-state index in [2.05, 4.69) is 15.6 Å². The van der Waals surface area contributed by atoms with Crippen molar-refractivity contribution in [3.63, 3.8) is 0 Å². The van der Waals surface area contributed by atoms with Crippen molar-refractivity contribution in [1.29, 1.82) is 0 Å². The smallest absolute Gasteiger partial charge is 0.191 e. The van der Waals surface area contributed by atoms with Gasteiger partial charge in [0.05, 0.1) is 13.2 Å². The molecule has 0 bridgehead atoms. The van der Waals surface area contributed by atoms with Gasteiger partial charge in [-0.1, -0.05) is 18.2 Å². The van der Waals surface area contributed by atoms with Gasteiger partial charge in [0.15, 0.2) is 5.96 Å². The van der Waals surface area contributed by atoms with Crippen LogP contribution in [0.2, 0.25) is 0 Å². The molecule has 7 heteroatoms. The lowest BCUT2D eigenvalue weighted by Crippen LogP contribution is -2.39. The maximum absolute atomic E-state index is 13.8. The topological polar surface area (TPSA) is 54.9 Å². The van der Waals surface area contributed by atoms with E-state index in [0.717, 1.165) is 30.9 Å². The quantitative estimate of drug-likeness (QED) is 0.262. The van der Waals surface area contributed by atoms with Crippen LogP contribution in [0.25, 0.3) is 0 Å². The molecule has 1 aliphatic rings. The lowest BCUT2D eigenvalue weighted by atomic mass is 10.1. The maximum atomic E-state index is 13.8. The number of hydrogen-bond acceptors (Lipinski definition) is 3. The third-order valence-corrected chi connectivity index (χ3v) is 3.83. The standard InChI is InChI=1S/C17H26FN3O2.HI/c1-19-17(20-8-5-9-23-11-10-22-2)21-16-12-14(16)13-6-3-4-7-15(13)18;/h3-4,6-7,14,16H,5,8-12H2,1-2H3,(H2,19,20,21);1H. The summed E-state index contributed by atoms with van der Waals surface area (Å²) in [5, 5.41) is 6.59. The van der Waals surface area contributed by atoms with Crippen molar-refractivity contribution in [2.24, 2.45) is 4.99 Å². The molecule has 2 rings (SSSR count). The largest absolute Gasteiger partial charge is 0.382 e. The Hall–Kier alpha value is -0.930. The fourth-order valence-electron chi connectivity index (χ4n) is 2.47. The molecule has 5 nitrogen and oxygen atoms in total. The van der Waals surface area contributed by atoms with Crippen molar-refractivity contribution in [1.82, 2.24) is 10.6 Å². The molecular weight excluding hydrogens is 424 g/mol. The molecule has 2 N–H and O–H groups in total. The molecule has 0 aliphatic heterocycles. The van der Waals surface area contributed by atoms with E-state index in [1.54, 1.807) is 20.2 Å². The van der Waals surface area contributed by atoms with Crippen LogP contribution in [-0.4, -0.2) is 52.5 Å². The molecule has 0 radical (unpaired) electrons. The SMILES string of the molecule is CN=C(NCCCOCCOC)NC1CC1c1ccccc1F.I. The highest BCUT2D eigenvalue weighted by Gasteiger charge is 2.40. The number of halogens is 2. The van der Waals surface area contributed by atoms with E-state index < -0.39 is 0 Å². The summed E-state index contributed by atoms with van der Waals surface area (Å²) >= 11 is 0. The van der Waals surface area contributed by atoms with E-state index in [4.69, 9.17) is 9.47 Å². The fourth-order valence-corrected chi connectivity index (χ4v) is 2.47. The third-order valence-electron chi connectivity index (χ3n) is 3.83. The van der Waals surface area contributed by atoms with E-state index in [-0.39, 0.29) is 41.8 Å². The van der Waals surface area contributed by atoms with Gasteiger partial charge in [-0.3, -0.25) is 4.99 Å². The number of methoxy groups -OCH3 is 1. The second-order valence-corrected chi connectivity index (χ2v) is 5.57. The Morgan fingerprint density at radius 2 is 2.08 bits per heavy atom. The van der Waals surface area contributed by atoms with Crippen molar-refractivity contribution in [3.8, 4) is 0 Å². The van der Waals surface area contributed by atoms with Gasteiger partial charge in [0, 0.05) is 39.3 Å². The molecule has 1 aromatic rings. The zero-order valence-electron chi connectivity index (χ0n) is 14.3. The Morgan fingerprint density at radius 3 is 2.79 bits per heavy atom. The van der Waals surface area contributed by atoms with Crippen molar-refractivity contribution < 1.29 is 13.9 Å².